The van der Waals surface area contributed by atoms with Crippen molar-refractivity contribution in [2.24, 2.45) is 0 Å². The van der Waals surface area contributed by atoms with Crippen molar-refractivity contribution in [2.45, 2.75) is 26.4 Å². The fourth-order valence-electron chi connectivity index (χ4n) is 1.18. The predicted molar refractivity (Wildman–Crippen MR) is 61.8 cm³/mol. The largest absolute Gasteiger partial charge is 0.456 e. The number of esters is 1. The molecular formula is C13H13NO3. The monoisotopic (exact) mass is 231 g/mol. The standard InChI is InChI=1S/C13H13NO3/c1-13(2,3)17-12(16)11(8-14)9-4-6-10(15)7-5-9/h4-7H,1-3H3. The minimum Gasteiger partial charge on any atom is -0.456 e. The van der Waals surface area contributed by atoms with Crippen LogP contribution in [0.15, 0.2) is 35.5 Å². The molecule has 1 rings (SSSR count). The zero-order chi connectivity index (χ0) is 13.1. The van der Waals surface area contributed by atoms with Gasteiger partial charge >= 0.3 is 5.97 Å². The topological polar surface area (TPSA) is 67.2 Å². The molecule has 0 amide bonds. The summed E-state index contributed by atoms with van der Waals surface area (Å²) in [5, 5.41) is 8.95. The maximum Gasteiger partial charge on any atom is 0.350 e. The predicted octanol–water partition coefficient (Wildman–Crippen LogP) is 1.84. The molecule has 0 atom stereocenters. The SMILES string of the molecule is CC(C)(C)OC(=O)C(C#N)=C1C=CC(=O)C=C1. The Bertz CT molecular complexity index is 464. The highest BCUT2D eigenvalue weighted by atomic mass is 16.6. The lowest BCUT2D eigenvalue weighted by atomic mass is 10.0. The molecule has 0 fully saturated rings. The Labute approximate surface area is 99.9 Å². The Balaban J connectivity index is 3.01. The van der Waals surface area contributed by atoms with Gasteiger partial charge in [-0.25, -0.2) is 4.79 Å². The van der Waals surface area contributed by atoms with Gasteiger partial charge in [-0.05, 0) is 50.6 Å². The average molecular weight is 231 g/mol. The van der Waals surface area contributed by atoms with E-state index in [0.29, 0.717) is 5.57 Å². The molecule has 1 aliphatic carbocycles. The lowest BCUT2D eigenvalue weighted by Crippen LogP contribution is -2.25. The van der Waals surface area contributed by atoms with E-state index in [1.165, 1.54) is 24.3 Å². The zero-order valence-electron chi connectivity index (χ0n) is 9.98. The van der Waals surface area contributed by atoms with Crippen molar-refractivity contribution in [3.05, 3.63) is 35.5 Å². The second kappa shape index (κ2) is 4.79. The minimum atomic E-state index is -0.682. The molecule has 0 radical (unpaired) electrons. The van der Waals surface area contributed by atoms with Gasteiger partial charge in [0.05, 0.1) is 0 Å². The Morgan fingerprint density at radius 1 is 1.24 bits per heavy atom. The number of rotatable bonds is 1. The molecule has 17 heavy (non-hydrogen) atoms. The van der Waals surface area contributed by atoms with Crippen molar-refractivity contribution in [2.75, 3.05) is 0 Å². The molecule has 0 aliphatic heterocycles. The first-order valence-electron chi connectivity index (χ1n) is 5.11. The van der Waals surface area contributed by atoms with Crippen LogP contribution in [0.1, 0.15) is 20.8 Å². The van der Waals surface area contributed by atoms with E-state index in [4.69, 9.17) is 10.00 Å². The van der Waals surface area contributed by atoms with Crippen LogP contribution in [0, 0.1) is 11.3 Å². The van der Waals surface area contributed by atoms with Crippen LogP contribution >= 0.6 is 0 Å². The van der Waals surface area contributed by atoms with Gasteiger partial charge < -0.3 is 4.74 Å². The fraction of sp³-hybridized carbons (Fsp3) is 0.308. The summed E-state index contributed by atoms with van der Waals surface area (Å²) in [5.74, 6) is -0.853. The van der Waals surface area contributed by atoms with Gasteiger partial charge in [-0.3, -0.25) is 4.79 Å². The highest BCUT2D eigenvalue weighted by Gasteiger charge is 2.22. The van der Waals surface area contributed by atoms with Crippen LogP contribution in [0.4, 0.5) is 0 Å². The minimum absolute atomic E-state index is 0.0973. The molecule has 0 spiro atoms. The van der Waals surface area contributed by atoms with E-state index in [0.717, 1.165) is 0 Å². The molecule has 0 N–H and O–H groups in total. The van der Waals surface area contributed by atoms with Crippen LogP contribution in [-0.2, 0) is 14.3 Å². The summed E-state index contributed by atoms with van der Waals surface area (Å²) in [5.41, 5.74) is -0.362. The number of nitrogens with zero attached hydrogens (tertiary/aromatic N) is 1. The fourth-order valence-corrected chi connectivity index (χ4v) is 1.18. The maximum atomic E-state index is 11.7. The van der Waals surface area contributed by atoms with Crippen molar-refractivity contribution >= 4 is 11.8 Å². The van der Waals surface area contributed by atoms with E-state index >= 15 is 0 Å². The number of allylic oxidation sites excluding steroid dienone is 5. The molecule has 4 nitrogen and oxygen atoms in total. The van der Waals surface area contributed by atoms with E-state index in [-0.39, 0.29) is 11.4 Å². The van der Waals surface area contributed by atoms with Crippen molar-refractivity contribution in [3.8, 4) is 6.07 Å². The van der Waals surface area contributed by atoms with E-state index in [1.807, 2.05) is 0 Å². The van der Waals surface area contributed by atoms with E-state index in [9.17, 15) is 9.59 Å². The Morgan fingerprint density at radius 3 is 2.18 bits per heavy atom. The molecule has 4 heteroatoms. The maximum absolute atomic E-state index is 11.7. The number of nitriles is 1. The van der Waals surface area contributed by atoms with Gasteiger partial charge in [0.1, 0.15) is 17.2 Å². The van der Waals surface area contributed by atoms with Gasteiger partial charge in [-0.2, -0.15) is 5.26 Å². The van der Waals surface area contributed by atoms with Gasteiger partial charge in [-0.15, -0.1) is 0 Å². The number of ketones is 1. The number of carbonyl (C=O) groups excluding carboxylic acids is 2. The van der Waals surface area contributed by atoms with Crippen LogP contribution in [-0.4, -0.2) is 17.4 Å². The molecule has 0 aromatic carbocycles. The second-order valence-electron chi connectivity index (χ2n) is 4.51. The first-order chi connectivity index (χ1) is 7.83. The Kier molecular flexibility index (Phi) is 3.64. The molecule has 0 heterocycles. The van der Waals surface area contributed by atoms with Gasteiger partial charge in [0.15, 0.2) is 5.78 Å². The number of ether oxygens (including phenoxy) is 1. The van der Waals surface area contributed by atoms with Gasteiger partial charge in [0.2, 0.25) is 0 Å². The summed E-state index contributed by atoms with van der Waals surface area (Å²) in [4.78, 5) is 22.6. The van der Waals surface area contributed by atoms with Crippen molar-refractivity contribution in [1.29, 1.82) is 5.26 Å². The summed E-state index contributed by atoms with van der Waals surface area (Å²) in [7, 11) is 0. The lowest BCUT2D eigenvalue weighted by molar-refractivity contribution is -0.149. The summed E-state index contributed by atoms with van der Waals surface area (Å²) >= 11 is 0. The second-order valence-corrected chi connectivity index (χ2v) is 4.51. The van der Waals surface area contributed by atoms with Gasteiger partial charge in [0, 0.05) is 0 Å². The molecule has 0 bridgehead atoms. The highest BCUT2D eigenvalue weighted by Crippen LogP contribution is 2.16. The van der Waals surface area contributed by atoms with Crippen LogP contribution in [0.25, 0.3) is 0 Å². The smallest absolute Gasteiger partial charge is 0.350 e. The zero-order valence-corrected chi connectivity index (χ0v) is 9.98. The number of hydrogen-bond donors (Lipinski definition) is 0. The molecule has 0 aromatic heterocycles. The first-order valence-corrected chi connectivity index (χ1v) is 5.11. The van der Waals surface area contributed by atoms with Crippen molar-refractivity contribution in [1.82, 2.24) is 0 Å². The lowest BCUT2D eigenvalue weighted by Gasteiger charge is -2.19. The Morgan fingerprint density at radius 2 is 1.76 bits per heavy atom. The normalized spacial score (nSPS) is 14.5. The third-order valence-electron chi connectivity index (χ3n) is 1.86. The summed E-state index contributed by atoms with van der Waals surface area (Å²) < 4.78 is 5.10. The van der Waals surface area contributed by atoms with E-state index in [1.54, 1.807) is 26.8 Å². The summed E-state index contributed by atoms with van der Waals surface area (Å²) in [6.07, 6.45) is 5.48. The quantitative estimate of drug-likeness (QED) is 0.392. The van der Waals surface area contributed by atoms with Crippen molar-refractivity contribution in [3.63, 3.8) is 0 Å². The van der Waals surface area contributed by atoms with Crippen molar-refractivity contribution < 1.29 is 14.3 Å². The van der Waals surface area contributed by atoms with Gasteiger partial charge in [0.25, 0.3) is 0 Å². The molecule has 88 valence electrons. The molecule has 0 saturated heterocycles. The summed E-state index contributed by atoms with van der Waals surface area (Å²) in [6.45, 7) is 5.17. The van der Waals surface area contributed by atoms with Crippen LogP contribution in [0.5, 0.6) is 0 Å². The van der Waals surface area contributed by atoms with Crippen LogP contribution < -0.4 is 0 Å². The number of carbonyl (C=O) groups is 2. The molecule has 0 aromatic rings. The molecular weight excluding hydrogens is 218 g/mol. The average Bonchev–Trinajstić information content (AvgIpc) is 2.19. The van der Waals surface area contributed by atoms with Crippen LogP contribution in [0.3, 0.4) is 0 Å². The molecule has 0 saturated carbocycles. The third-order valence-corrected chi connectivity index (χ3v) is 1.86. The Hall–Kier alpha value is -2.15. The highest BCUT2D eigenvalue weighted by molar-refractivity contribution is 6.03. The van der Waals surface area contributed by atoms with E-state index < -0.39 is 11.6 Å². The van der Waals surface area contributed by atoms with Gasteiger partial charge in [-0.1, -0.05) is 0 Å². The number of hydrogen-bond acceptors (Lipinski definition) is 4. The summed E-state index contributed by atoms with van der Waals surface area (Å²) in [6, 6.07) is 1.80. The van der Waals surface area contributed by atoms with E-state index in [2.05, 4.69) is 0 Å². The molecule has 0 unspecified atom stereocenters. The third kappa shape index (κ3) is 3.72. The van der Waals surface area contributed by atoms with Crippen LogP contribution in [0.2, 0.25) is 0 Å². The first kappa shape index (κ1) is 12.9. The molecule has 1 aliphatic rings.